The zero-order chi connectivity index (χ0) is 13.0. The second kappa shape index (κ2) is 5.82. The van der Waals surface area contributed by atoms with Crippen LogP contribution < -0.4 is 5.73 Å². The van der Waals surface area contributed by atoms with E-state index < -0.39 is 6.04 Å². The summed E-state index contributed by atoms with van der Waals surface area (Å²) in [5.41, 5.74) is 7.01. The summed E-state index contributed by atoms with van der Waals surface area (Å²) in [5.74, 6) is 0.157. The first-order chi connectivity index (χ1) is 7.95. The van der Waals surface area contributed by atoms with Gasteiger partial charge in [0.15, 0.2) is 0 Å². The quantitative estimate of drug-likeness (QED) is 0.868. The van der Waals surface area contributed by atoms with Gasteiger partial charge in [-0.25, -0.2) is 0 Å². The van der Waals surface area contributed by atoms with Crippen molar-refractivity contribution < 1.29 is 4.79 Å². The van der Waals surface area contributed by atoms with Crippen LogP contribution in [0.4, 0.5) is 0 Å². The lowest BCUT2D eigenvalue weighted by Gasteiger charge is -2.29. The first kappa shape index (κ1) is 13.7. The molecule has 1 aromatic carbocycles. The fraction of sp³-hybridized carbons (Fsp3) is 0.500. The highest BCUT2D eigenvalue weighted by Crippen LogP contribution is 2.19. The monoisotopic (exact) mass is 234 g/mol. The summed E-state index contributed by atoms with van der Waals surface area (Å²) in [4.78, 5) is 13.8. The number of hydrogen-bond acceptors (Lipinski definition) is 2. The van der Waals surface area contributed by atoms with E-state index in [2.05, 4.69) is 0 Å². The van der Waals surface area contributed by atoms with Crippen molar-refractivity contribution in [1.82, 2.24) is 4.90 Å². The number of benzene rings is 1. The molecule has 2 atom stereocenters. The Kier molecular flexibility index (Phi) is 4.70. The third-order valence-corrected chi connectivity index (χ3v) is 3.21. The Balaban J connectivity index is 2.77. The minimum absolute atomic E-state index is 0.00338. The number of carbonyl (C=O) groups is 1. The van der Waals surface area contributed by atoms with Crippen LogP contribution in [0.25, 0.3) is 0 Å². The molecule has 0 aliphatic rings. The third-order valence-electron chi connectivity index (χ3n) is 3.21. The van der Waals surface area contributed by atoms with Crippen LogP contribution in [0.3, 0.4) is 0 Å². The topological polar surface area (TPSA) is 46.3 Å². The number of hydrogen-bond donors (Lipinski definition) is 1. The number of nitrogens with zero attached hydrogens (tertiary/aromatic N) is 1. The Morgan fingerprint density at radius 2 is 1.71 bits per heavy atom. The van der Waals surface area contributed by atoms with Gasteiger partial charge in [0.2, 0.25) is 5.91 Å². The Hall–Kier alpha value is -1.35. The standard InChI is InChI=1S/C14H22N2O/c1-10(2)13(15)14(17)16(4)11(3)12-8-6-5-7-9-12/h5-11,13H,15H2,1-4H3/t11?,13-/m0/s1. The Morgan fingerprint density at radius 1 is 1.18 bits per heavy atom. The lowest BCUT2D eigenvalue weighted by atomic mass is 10.0. The van der Waals surface area contributed by atoms with Crippen molar-refractivity contribution in [2.45, 2.75) is 32.9 Å². The Morgan fingerprint density at radius 3 is 2.18 bits per heavy atom. The summed E-state index contributed by atoms with van der Waals surface area (Å²) in [5, 5.41) is 0. The van der Waals surface area contributed by atoms with Crippen molar-refractivity contribution >= 4 is 5.91 Å². The molecule has 0 spiro atoms. The maximum Gasteiger partial charge on any atom is 0.239 e. The third kappa shape index (κ3) is 3.30. The van der Waals surface area contributed by atoms with Gasteiger partial charge in [-0.05, 0) is 18.4 Å². The lowest BCUT2D eigenvalue weighted by Crippen LogP contribution is -2.45. The molecule has 2 N–H and O–H groups in total. The highest BCUT2D eigenvalue weighted by atomic mass is 16.2. The largest absolute Gasteiger partial charge is 0.338 e. The number of nitrogens with two attached hydrogens (primary N) is 1. The predicted molar refractivity (Wildman–Crippen MR) is 70.4 cm³/mol. The van der Waals surface area contributed by atoms with Crippen LogP contribution in [0, 0.1) is 5.92 Å². The SMILES string of the molecule is CC(C)[C@H](N)C(=O)N(C)C(C)c1ccccc1. The van der Waals surface area contributed by atoms with E-state index >= 15 is 0 Å². The van der Waals surface area contributed by atoms with Crippen LogP contribution in [0.15, 0.2) is 30.3 Å². The number of amides is 1. The van der Waals surface area contributed by atoms with Gasteiger partial charge >= 0.3 is 0 Å². The van der Waals surface area contributed by atoms with Crippen LogP contribution in [-0.2, 0) is 4.79 Å². The molecule has 1 rings (SSSR count). The van der Waals surface area contributed by atoms with E-state index in [-0.39, 0.29) is 17.9 Å². The fourth-order valence-corrected chi connectivity index (χ4v) is 1.67. The molecule has 0 aliphatic carbocycles. The van der Waals surface area contributed by atoms with Gasteiger partial charge in [-0.1, -0.05) is 44.2 Å². The van der Waals surface area contributed by atoms with Gasteiger partial charge in [0, 0.05) is 7.05 Å². The number of rotatable bonds is 4. The molecular weight excluding hydrogens is 212 g/mol. The van der Waals surface area contributed by atoms with Crippen LogP contribution >= 0.6 is 0 Å². The van der Waals surface area contributed by atoms with Crippen LogP contribution in [-0.4, -0.2) is 23.9 Å². The molecule has 0 radical (unpaired) electrons. The van der Waals surface area contributed by atoms with Gasteiger partial charge in [0.1, 0.15) is 0 Å². The molecule has 94 valence electrons. The number of likely N-dealkylation sites (N-methyl/N-ethyl adjacent to an activating group) is 1. The molecule has 1 amide bonds. The van der Waals surface area contributed by atoms with Crippen LogP contribution in [0.1, 0.15) is 32.4 Å². The highest BCUT2D eigenvalue weighted by Gasteiger charge is 2.24. The maximum absolute atomic E-state index is 12.1. The molecule has 0 aromatic heterocycles. The van der Waals surface area contributed by atoms with Gasteiger partial charge in [-0.15, -0.1) is 0 Å². The summed E-state index contributed by atoms with van der Waals surface area (Å²) in [6.45, 7) is 5.94. The molecule has 1 unspecified atom stereocenters. The van der Waals surface area contributed by atoms with Crippen molar-refractivity contribution in [3.8, 4) is 0 Å². The average molecular weight is 234 g/mol. The normalized spacial score (nSPS) is 14.5. The molecule has 0 heterocycles. The van der Waals surface area contributed by atoms with Gasteiger partial charge < -0.3 is 10.6 Å². The summed E-state index contributed by atoms with van der Waals surface area (Å²) < 4.78 is 0. The van der Waals surface area contributed by atoms with Gasteiger partial charge in [-0.2, -0.15) is 0 Å². The molecule has 0 bridgehead atoms. The van der Waals surface area contributed by atoms with Crippen molar-refractivity contribution in [2.24, 2.45) is 11.7 Å². The second-order valence-electron chi connectivity index (χ2n) is 4.81. The first-order valence-electron chi connectivity index (χ1n) is 6.02. The summed E-state index contributed by atoms with van der Waals surface area (Å²) in [6.07, 6.45) is 0. The molecule has 3 nitrogen and oxygen atoms in total. The minimum atomic E-state index is -0.425. The maximum atomic E-state index is 12.1. The molecule has 1 aromatic rings. The highest BCUT2D eigenvalue weighted by molar-refractivity contribution is 5.82. The zero-order valence-electron chi connectivity index (χ0n) is 11.1. The van der Waals surface area contributed by atoms with E-state index in [1.165, 1.54) is 0 Å². The molecule has 0 saturated heterocycles. The average Bonchev–Trinajstić information content (AvgIpc) is 2.36. The number of carbonyl (C=O) groups excluding carboxylic acids is 1. The summed E-state index contributed by atoms with van der Waals surface area (Å²) in [6, 6.07) is 9.60. The molecule has 0 fully saturated rings. The minimum Gasteiger partial charge on any atom is -0.338 e. The molecule has 0 saturated carbocycles. The predicted octanol–water partition coefficient (Wildman–Crippen LogP) is 2.19. The molecule has 0 aliphatic heterocycles. The van der Waals surface area contributed by atoms with Crippen LogP contribution in [0.2, 0.25) is 0 Å². The fourth-order valence-electron chi connectivity index (χ4n) is 1.67. The van der Waals surface area contributed by atoms with Crippen molar-refractivity contribution in [3.63, 3.8) is 0 Å². The molecule has 3 heteroatoms. The second-order valence-corrected chi connectivity index (χ2v) is 4.81. The van der Waals surface area contributed by atoms with Crippen molar-refractivity contribution in [1.29, 1.82) is 0 Å². The van der Waals surface area contributed by atoms with Crippen LogP contribution in [0.5, 0.6) is 0 Å². The van der Waals surface area contributed by atoms with E-state index in [9.17, 15) is 4.79 Å². The smallest absolute Gasteiger partial charge is 0.239 e. The molecular formula is C14H22N2O. The first-order valence-corrected chi connectivity index (χ1v) is 6.02. The summed E-state index contributed by atoms with van der Waals surface area (Å²) in [7, 11) is 1.81. The van der Waals surface area contributed by atoms with Crippen molar-refractivity contribution in [2.75, 3.05) is 7.05 Å². The van der Waals surface area contributed by atoms with E-state index in [4.69, 9.17) is 5.73 Å². The van der Waals surface area contributed by atoms with E-state index in [1.807, 2.05) is 58.2 Å². The zero-order valence-corrected chi connectivity index (χ0v) is 11.1. The van der Waals surface area contributed by atoms with Gasteiger partial charge in [0.05, 0.1) is 12.1 Å². The van der Waals surface area contributed by atoms with Crippen molar-refractivity contribution in [3.05, 3.63) is 35.9 Å². The van der Waals surface area contributed by atoms with Gasteiger partial charge in [-0.3, -0.25) is 4.79 Å². The van der Waals surface area contributed by atoms with E-state index in [1.54, 1.807) is 4.90 Å². The molecule has 17 heavy (non-hydrogen) atoms. The van der Waals surface area contributed by atoms with E-state index in [0.29, 0.717) is 0 Å². The lowest BCUT2D eigenvalue weighted by molar-refractivity contribution is -0.134. The Labute approximate surface area is 104 Å². The Bertz CT molecular complexity index is 362. The van der Waals surface area contributed by atoms with Gasteiger partial charge in [0.25, 0.3) is 0 Å². The summed E-state index contributed by atoms with van der Waals surface area (Å²) >= 11 is 0. The van der Waals surface area contributed by atoms with E-state index in [0.717, 1.165) is 5.56 Å².